The second-order valence-corrected chi connectivity index (χ2v) is 7.09. The summed E-state index contributed by atoms with van der Waals surface area (Å²) in [6.45, 7) is 1.55. The van der Waals surface area contributed by atoms with E-state index in [0.717, 1.165) is 12.8 Å². The van der Waals surface area contributed by atoms with E-state index in [9.17, 15) is 14.7 Å². The van der Waals surface area contributed by atoms with Gasteiger partial charge in [0.25, 0.3) is 5.56 Å². The largest absolute Gasteiger partial charge is 0.396 e. The Bertz CT molecular complexity index is 865. The van der Waals surface area contributed by atoms with Crippen LogP contribution in [0.4, 0.5) is 0 Å². The number of aryl methyl sites for hydroxylation is 1. The Labute approximate surface area is 151 Å². The molecule has 1 N–H and O–H groups in total. The quantitative estimate of drug-likeness (QED) is 0.874. The van der Waals surface area contributed by atoms with E-state index in [2.05, 4.69) is 4.98 Å². The third-order valence-electron chi connectivity index (χ3n) is 5.51. The molecule has 3 atom stereocenters. The number of aromatic nitrogens is 2. The van der Waals surface area contributed by atoms with Crippen molar-refractivity contribution in [2.75, 3.05) is 19.8 Å². The molecule has 1 aromatic carbocycles. The predicted octanol–water partition coefficient (Wildman–Crippen LogP) is 0.785. The van der Waals surface area contributed by atoms with Crippen LogP contribution in [-0.2, 0) is 16.1 Å². The van der Waals surface area contributed by atoms with Gasteiger partial charge >= 0.3 is 0 Å². The molecule has 2 fully saturated rings. The minimum atomic E-state index is -0.121. The van der Waals surface area contributed by atoms with Gasteiger partial charge in [-0.1, -0.05) is 12.1 Å². The number of aliphatic hydroxyl groups is 1. The van der Waals surface area contributed by atoms with E-state index in [-0.39, 0.29) is 42.6 Å². The average molecular weight is 357 g/mol. The minimum Gasteiger partial charge on any atom is -0.396 e. The molecular weight excluding hydrogens is 334 g/mol. The average Bonchev–Trinajstić information content (AvgIpc) is 3.11. The number of nitrogens with zero attached hydrogens (tertiary/aromatic N) is 3. The maximum absolute atomic E-state index is 12.8. The van der Waals surface area contributed by atoms with Crippen LogP contribution < -0.4 is 5.56 Å². The number of morpholine rings is 1. The standard InChI is InChI=1S/C19H23N3O4/c23-11-13-9-16-17(10-13)26-8-7-22(16)18(24)5-6-21-12-20-15-4-2-1-3-14(15)19(21)25/h1-4,12-13,16-17,23H,5-11H2/t13-,16+,17?/m1/s1. The summed E-state index contributed by atoms with van der Waals surface area (Å²) in [4.78, 5) is 31.5. The summed E-state index contributed by atoms with van der Waals surface area (Å²) in [5.41, 5.74) is 0.543. The molecule has 0 spiro atoms. The zero-order chi connectivity index (χ0) is 18.1. The van der Waals surface area contributed by atoms with Crippen LogP contribution in [0, 0.1) is 5.92 Å². The number of amides is 1. The molecular formula is C19H23N3O4. The third kappa shape index (κ3) is 3.12. The molecule has 2 aromatic rings. The lowest BCUT2D eigenvalue weighted by Crippen LogP contribution is -2.51. The van der Waals surface area contributed by atoms with E-state index in [1.165, 1.54) is 10.9 Å². The Morgan fingerprint density at radius 3 is 3.00 bits per heavy atom. The Kier molecular flexibility index (Phi) is 4.74. The Hall–Kier alpha value is -2.25. The molecule has 0 bridgehead atoms. The van der Waals surface area contributed by atoms with Crippen LogP contribution in [-0.4, -0.2) is 57.4 Å². The van der Waals surface area contributed by atoms with Crippen molar-refractivity contribution in [3.05, 3.63) is 40.9 Å². The van der Waals surface area contributed by atoms with Crippen molar-refractivity contribution in [3.8, 4) is 0 Å². The molecule has 0 radical (unpaired) electrons. The molecule has 26 heavy (non-hydrogen) atoms. The Morgan fingerprint density at radius 1 is 1.31 bits per heavy atom. The summed E-state index contributed by atoms with van der Waals surface area (Å²) in [7, 11) is 0. The first-order valence-electron chi connectivity index (χ1n) is 9.13. The summed E-state index contributed by atoms with van der Waals surface area (Å²) >= 11 is 0. The Morgan fingerprint density at radius 2 is 2.15 bits per heavy atom. The number of hydrogen-bond donors (Lipinski definition) is 1. The van der Waals surface area contributed by atoms with Gasteiger partial charge in [-0.15, -0.1) is 0 Å². The molecule has 1 aliphatic carbocycles. The monoisotopic (exact) mass is 357 g/mol. The maximum atomic E-state index is 12.8. The van der Waals surface area contributed by atoms with Crippen molar-refractivity contribution in [1.82, 2.24) is 14.5 Å². The molecule has 1 saturated carbocycles. The fraction of sp³-hybridized carbons (Fsp3) is 0.526. The molecule has 1 saturated heterocycles. The van der Waals surface area contributed by atoms with E-state index in [4.69, 9.17) is 4.74 Å². The third-order valence-corrected chi connectivity index (χ3v) is 5.51. The van der Waals surface area contributed by atoms with Crippen LogP contribution in [0.15, 0.2) is 35.4 Å². The predicted molar refractivity (Wildman–Crippen MR) is 95.7 cm³/mol. The first-order valence-corrected chi connectivity index (χ1v) is 9.13. The molecule has 1 aromatic heterocycles. The lowest BCUT2D eigenvalue weighted by molar-refractivity contribution is -0.144. The molecule has 7 nitrogen and oxygen atoms in total. The maximum Gasteiger partial charge on any atom is 0.261 e. The highest BCUT2D eigenvalue weighted by Gasteiger charge is 2.42. The molecule has 1 amide bonds. The normalized spacial score (nSPS) is 25.4. The number of rotatable bonds is 4. The molecule has 1 unspecified atom stereocenters. The van der Waals surface area contributed by atoms with Gasteiger partial charge in [-0.2, -0.15) is 0 Å². The first-order chi connectivity index (χ1) is 12.7. The minimum absolute atomic E-state index is 0.0231. The highest BCUT2D eigenvalue weighted by molar-refractivity contribution is 5.78. The number of hydrogen-bond acceptors (Lipinski definition) is 5. The number of carbonyl (C=O) groups excluding carboxylic acids is 1. The molecule has 138 valence electrons. The number of carbonyl (C=O) groups is 1. The van der Waals surface area contributed by atoms with E-state index in [0.29, 0.717) is 30.6 Å². The van der Waals surface area contributed by atoms with Crippen LogP contribution in [0.25, 0.3) is 10.9 Å². The van der Waals surface area contributed by atoms with Gasteiger partial charge in [0, 0.05) is 26.1 Å². The number of ether oxygens (including phenoxy) is 1. The zero-order valence-electron chi connectivity index (χ0n) is 14.6. The van der Waals surface area contributed by atoms with E-state index in [1.807, 2.05) is 17.0 Å². The van der Waals surface area contributed by atoms with Crippen LogP contribution in [0.1, 0.15) is 19.3 Å². The molecule has 2 aliphatic rings. The van der Waals surface area contributed by atoms with Crippen molar-refractivity contribution in [3.63, 3.8) is 0 Å². The highest BCUT2D eigenvalue weighted by Crippen LogP contribution is 2.34. The smallest absolute Gasteiger partial charge is 0.261 e. The number of para-hydroxylation sites is 1. The SMILES string of the molecule is O=C(CCn1cnc2ccccc2c1=O)N1CCOC2C[C@H](CO)C[C@@H]21. The van der Waals surface area contributed by atoms with Crippen LogP contribution >= 0.6 is 0 Å². The second kappa shape index (κ2) is 7.17. The van der Waals surface area contributed by atoms with E-state index >= 15 is 0 Å². The lowest BCUT2D eigenvalue weighted by atomic mass is 10.1. The van der Waals surface area contributed by atoms with Crippen LogP contribution in [0.3, 0.4) is 0 Å². The summed E-state index contributed by atoms with van der Waals surface area (Å²) in [5, 5.41) is 9.97. The van der Waals surface area contributed by atoms with Crippen molar-refractivity contribution in [2.24, 2.45) is 5.92 Å². The van der Waals surface area contributed by atoms with Crippen molar-refractivity contribution < 1.29 is 14.6 Å². The fourth-order valence-electron chi connectivity index (χ4n) is 4.13. The van der Waals surface area contributed by atoms with E-state index in [1.54, 1.807) is 12.1 Å². The topological polar surface area (TPSA) is 84.7 Å². The van der Waals surface area contributed by atoms with Crippen LogP contribution in [0.2, 0.25) is 0 Å². The molecule has 2 heterocycles. The van der Waals surface area contributed by atoms with Crippen molar-refractivity contribution in [1.29, 1.82) is 0 Å². The van der Waals surface area contributed by atoms with Gasteiger partial charge in [-0.25, -0.2) is 4.98 Å². The summed E-state index contributed by atoms with van der Waals surface area (Å²) in [5.74, 6) is 0.229. The van der Waals surface area contributed by atoms with Crippen molar-refractivity contribution in [2.45, 2.75) is 38.0 Å². The summed E-state index contributed by atoms with van der Waals surface area (Å²) in [6, 6.07) is 7.26. The summed E-state index contributed by atoms with van der Waals surface area (Å²) < 4.78 is 7.28. The van der Waals surface area contributed by atoms with Gasteiger partial charge in [0.05, 0.1) is 36.0 Å². The van der Waals surface area contributed by atoms with Gasteiger partial charge in [-0.05, 0) is 30.9 Å². The first kappa shape index (κ1) is 17.2. The fourth-order valence-corrected chi connectivity index (χ4v) is 4.13. The second-order valence-electron chi connectivity index (χ2n) is 7.09. The van der Waals surface area contributed by atoms with Crippen molar-refractivity contribution >= 4 is 16.8 Å². The van der Waals surface area contributed by atoms with Gasteiger partial charge < -0.3 is 14.7 Å². The van der Waals surface area contributed by atoms with Gasteiger partial charge in [-0.3, -0.25) is 14.2 Å². The zero-order valence-corrected chi connectivity index (χ0v) is 14.6. The number of benzene rings is 1. The summed E-state index contributed by atoms with van der Waals surface area (Å²) in [6.07, 6.45) is 3.38. The molecule has 4 rings (SSSR count). The molecule has 1 aliphatic heterocycles. The lowest BCUT2D eigenvalue weighted by Gasteiger charge is -2.37. The number of fused-ring (bicyclic) bond motifs is 2. The number of aliphatic hydroxyl groups excluding tert-OH is 1. The van der Waals surface area contributed by atoms with Gasteiger partial charge in [0.1, 0.15) is 0 Å². The van der Waals surface area contributed by atoms with E-state index < -0.39 is 0 Å². The molecule has 7 heteroatoms. The van der Waals surface area contributed by atoms with Crippen LogP contribution in [0.5, 0.6) is 0 Å². The Balaban J connectivity index is 1.45. The van der Waals surface area contributed by atoms with Gasteiger partial charge in [0.15, 0.2) is 0 Å². The highest BCUT2D eigenvalue weighted by atomic mass is 16.5. The van der Waals surface area contributed by atoms with Gasteiger partial charge in [0.2, 0.25) is 5.91 Å².